The van der Waals surface area contributed by atoms with Crippen LogP contribution >= 0.6 is 23.2 Å². The largest absolute Gasteiger partial charge is 0.427 e. The number of fused-ring (bicyclic) bond motifs is 2. The summed E-state index contributed by atoms with van der Waals surface area (Å²) in [5.74, 6) is 2.20. The van der Waals surface area contributed by atoms with E-state index in [0.29, 0.717) is 39.5 Å². The highest BCUT2D eigenvalue weighted by Gasteiger charge is 2.40. The molecule has 2 aliphatic carbocycles. The topological polar surface area (TPSA) is 106 Å². The van der Waals surface area contributed by atoms with Gasteiger partial charge in [0.2, 0.25) is 5.95 Å². The summed E-state index contributed by atoms with van der Waals surface area (Å²) in [5.41, 5.74) is 6.05. The zero-order valence-corrected chi connectivity index (χ0v) is 23.9. The van der Waals surface area contributed by atoms with Gasteiger partial charge in [0, 0.05) is 31.0 Å². The van der Waals surface area contributed by atoms with Crippen LogP contribution in [0.5, 0.6) is 0 Å². The number of amides is 1. The Kier molecular flexibility index (Phi) is 6.98. The van der Waals surface area contributed by atoms with E-state index in [4.69, 9.17) is 42.7 Å². The van der Waals surface area contributed by atoms with Crippen molar-refractivity contribution in [2.24, 2.45) is 11.8 Å². The van der Waals surface area contributed by atoms with Gasteiger partial charge in [0.1, 0.15) is 11.2 Å². The van der Waals surface area contributed by atoms with Gasteiger partial charge < -0.3 is 19.0 Å². The lowest BCUT2D eigenvalue weighted by atomic mass is 9.83. The van der Waals surface area contributed by atoms with Crippen LogP contribution in [0, 0.1) is 11.8 Å². The lowest BCUT2D eigenvalue weighted by Crippen LogP contribution is -2.49. The van der Waals surface area contributed by atoms with Gasteiger partial charge >= 0.3 is 6.09 Å². The van der Waals surface area contributed by atoms with Crippen LogP contribution in [0.4, 0.5) is 10.7 Å². The smallest absolute Gasteiger partial charge is 0.374 e. The molecule has 7 rings (SSSR count). The number of halogens is 2. The van der Waals surface area contributed by atoms with Crippen LogP contribution in [0.2, 0.25) is 10.0 Å². The minimum Gasteiger partial charge on any atom is -0.374 e. The third kappa shape index (κ3) is 4.68. The number of rotatable bonds is 5. The van der Waals surface area contributed by atoms with Gasteiger partial charge in [0.15, 0.2) is 6.17 Å². The normalized spacial score (nSPS) is 28.5. The second-order valence-corrected chi connectivity index (χ2v) is 12.4. The van der Waals surface area contributed by atoms with Crippen molar-refractivity contribution in [3.8, 4) is 11.3 Å². The zero-order chi connectivity index (χ0) is 27.4. The van der Waals surface area contributed by atoms with E-state index in [1.807, 2.05) is 6.07 Å². The zero-order valence-electron chi connectivity index (χ0n) is 22.4. The lowest BCUT2D eigenvalue weighted by Gasteiger charge is -2.39. The molecule has 1 amide bonds. The second-order valence-electron chi connectivity index (χ2n) is 11.6. The Balaban J connectivity index is 1.44. The SMILES string of the molecule is CC1CCC(Cn2c(N3CCO[C@@H]4CCC[C@H]43)nc3c(Cl)c(C4NOC(=O)N4)nc(-c4cncc(Cl)c4)c32)CC1. The van der Waals surface area contributed by atoms with E-state index in [1.54, 1.807) is 12.4 Å². The molecule has 12 heteroatoms. The van der Waals surface area contributed by atoms with E-state index in [2.05, 4.69) is 32.2 Å². The maximum Gasteiger partial charge on any atom is 0.427 e. The number of carbonyl (C=O) groups excluding carboxylic acids is 1. The monoisotopic (exact) mass is 585 g/mol. The summed E-state index contributed by atoms with van der Waals surface area (Å²) in [6, 6.07) is 2.13. The third-order valence-corrected chi connectivity index (χ3v) is 9.51. The number of carbonyl (C=O) groups is 1. The minimum absolute atomic E-state index is 0.216. The molecule has 212 valence electrons. The summed E-state index contributed by atoms with van der Waals surface area (Å²) in [6.07, 6.45) is 10.4. The first-order chi connectivity index (χ1) is 19.5. The Labute approximate surface area is 242 Å². The number of anilines is 1. The maximum absolute atomic E-state index is 11.9. The van der Waals surface area contributed by atoms with Crippen molar-refractivity contribution in [1.82, 2.24) is 30.3 Å². The van der Waals surface area contributed by atoms with E-state index >= 15 is 0 Å². The summed E-state index contributed by atoms with van der Waals surface area (Å²) < 4.78 is 8.49. The molecular formula is C28H33Cl2N7O3. The van der Waals surface area contributed by atoms with Crippen LogP contribution in [0.1, 0.15) is 63.7 Å². The van der Waals surface area contributed by atoms with Gasteiger partial charge in [-0.25, -0.2) is 14.8 Å². The number of nitrogens with one attached hydrogen (secondary N) is 2. The highest BCUT2D eigenvalue weighted by molar-refractivity contribution is 6.36. The quantitative estimate of drug-likeness (QED) is 0.397. The summed E-state index contributed by atoms with van der Waals surface area (Å²) >= 11 is 13.5. The number of imidazole rings is 1. The molecule has 1 unspecified atom stereocenters. The number of hydroxylamine groups is 1. The van der Waals surface area contributed by atoms with Crippen molar-refractivity contribution in [2.75, 3.05) is 18.1 Å². The van der Waals surface area contributed by atoms with E-state index in [1.165, 1.54) is 25.7 Å². The van der Waals surface area contributed by atoms with Gasteiger partial charge in [-0.1, -0.05) is 43.0 Å². The maximum atomic E-state index is 11.9. The van der Waals surface area contributed by atoms with Gasteiger partial charge in [0.05, 0.1) is 40.0 Å². The molecule has 3 aromatic heterocycles. The van der Waals surface area contributed by atoms with Gasteiger partial charge in [0.25, 0.3) is 0 Å². The molecule has 0 bridgehead atoms. The van der Waals surface area contributed by atoms with Crippen molar-refractivity contribution in [3.63, 3.8) is 0 Å². The summed E-state index contributed by atoms with van der Waals surface area (Å²) in [6.45, 7) is 4.61. The van der Waals surface area contributed by atoms with Crippen LogP contribution in [0.25, 0.3) is 22.3 Å². The fourth-order valence-electron chi connectivity index (χ4n) is 6.86. The number of nitrogens with zero attached hydrogens (tertiary/aromatic N) is 5. The predicted molar refractivity (Wildman–Crippen MR) is 152 cm³/mol. The second kappa shape index (κ2) is 10.6. The molecule has 4 fully saturated rings. The lowest BCUT2D eigenvalue weighted by molar-refractivity contribution is 0.0247. The van der Waals surface area contributed by atoms with Crippen LogP contribution in [-0.2, 0) is 16.1 Å². The molecule has 2 saturated heterocycles. The number of hydrogen-bond donors (Lipinski definition) is 2. The first kappa shape index (κ1) is 26.3. The van der Waals surface area contributed by atoms with E-state index in [-0.39, 0.29) is 12.1 Å². The summed E-state index contributed by atoms with van der Waals surface area (Å²) in [5, 5.41) is 3.62. The molecule has 2 saturated carbocycles. The number of ether oxygens (including phenoxy) is 1. The average molecular weight is 587 g/mol. The molecule has 3 atom stereocenters. The molecular weight excluding hydrogens is 553 g/mol. The minimum atomic E-state index is -0.716. The fraction of sp³-hybridized carbons (Fsp3) is 0.571. The highest BCUT2D eigenvalue weighted by atomic mass is 35.5. The van der Waals surface area contributed by atoms with Crippen LogP contribution < -0.4 is 15.7 Å². The molecule has 2 aliphatic heterocycles. The van der Waals surface area contributed by atoms with Crippen molar-refractivity contribution < 1.29 is 14.4 Å². The van der Waals surface area contributed by atoms with Crippen LogP contribution in [-0.4, -0.2) is 50.9 Å². The number of pyridine rings is 2. The Bertz CT molecular complexity index is 1440. The molecule has 3 aromatic rings. The van der Waals surface area contributed by atoms with E-state index in [9.17, 15) is 4.79 Å². The van der Waals surface area contributed by atoms with Gasteiger partial charge in [-0.2, -0.15) is 0 Å². The summed E-state index contributed by atoms with van der Waals surface area (Å²) in [4.78, 5) is 33.9. The van der Waals surface area contributed by atoms with Crippen LogP contribution in [0.3, 0.4) is 0 Å². The van der Waals surface area contributed by atoms with Crippen molar-refractivity contribution in [3.05, 3.63) is 34.2 Å². The third-order valence-electron chi connectivity index (χ3n) is 8.94. The van der Waals surface area contributed by atoms with Gasteiger partial charge in [-0.05, 0) is 50.0 Å². The van der Waals surface area contributed by atoms with E-state index in [0.717, 1.165) is 55.3 Å². The molecule has 0 radical (unpaired) electrons. The fourth-order valence-corrected chi connectivity index (χ4v) is 7.32. The predicted octanol–water partition coefficient (Wildman–Crippen LogP) is 5.63. The number of aromatic nitrogens is 4. The molecule has 0 aromatic carbocycles. The highest BCUT2D eigenvalue weighted by Crippen LogP contribution is 2.42. The van der Waals surface area contributed by atoms with Crippen molar-refractivity contribution in [1.29, 1.82) is 0 Å². The molecule has 40 heavy (non-hydrogen) atoms. The molecule has 10 nitrogen and oxygen atoms in total. The number of hydrogen-bond acceptors (Lipinski definition) is 8. The van der Waals surface area contributed by atoms with Gasteiger partial charge in [-0.3, -0.25) is 10.3 Å². The van der Waals surface area contributed by atoms with Crippen molar-refractivity contribution >= 4 is 46.3 Å². The van der Waals surface area contributed by atoms with Crippen molar-refractivity contribution in [2.45, 2.75) is 76.7 Å². The number of morpholine rings is 1. The molecule has 5 heterocycles. The van der Waals surface area contributed by atoms with Gasteiger partial charge in [-0.15, -0.1) is 5.48 Å². The summed E-state index contributed by atoms with van der Waals surface area (Å²) in [7, 11) is 0. The Morgan fingerprint density at radius 3 is 2.73 bits per heavy atom. The Morgan fingerprint density at radius 2 is 1.95 bits per heavy atom. The first-order valence-corrected chi connectivity index (χ1v) is 15.0. The first-order valence-electron chi connectivity index (χ1n) is 14.3. The molecule has 4 aliphatic rings. The molecule has 2 N–H and O–H groups in total. The average Bonchev–Trinajstić information content (AvgIpc) is 3.69. The Morgan fingerprint density at radius 1 is 1.10 bits per heavy atom. The Hall–Kier alpha value is -2.66. The molecule has 0 spiro atoms. The van der Waals surface area contributed by atoms with E-state index < -0.39 is 12.3 Å². The standard InChI is InChI=1S/C28H33Cl2N7O3/c1-15-5-7-16(8-6-15)14-37-25-22(17-11-18(29)13-31-12-17)32-24(26-34-28(38)40-35-26)21(30)23(25)33-27(37)36-9-10-39-20-4-2-3-19(20)36/h11-13,15-16,19-20,26,35H,2-10,14H2,1H3,(H,34,38)/t15?,16?,19-,20-,26?/m1/s1. The van der Waals surface area contributed by atoms with Crippen LogP contribution in [0.15, 0.2) is 18.5 Å².